The smallest absolute Gasteiger partial charge is 0.249 e. The number of carbonyl (C=O) groups excluding carboxylic acids is 2. The molecule has 0 atom stereocenters. The number of benzene rings is 3. The molecule has 3 aromatic rings. The van der Waals surface area contributed by atoms with Gasteiger partial charge in [-0.25, -0.2) is 5.43 Å². The van der Waals surface area contributed by atoms with E-state index in [-0.39, 0.29) is 13.0 Å². The summed E-state index contributed by atoms with van der Waals surface area (Å²) in [6, 6.07) is 17.4. The van der Waals surface area contributed by atoms with Crippen molar-refractivity contribution in [2.24, 2.45) is 5.10 Å². The van der Waals surface area contributed by atoms with Crippen LogP contribution in [0.5, 0.6) is 11.5 Å². The summed E-state index contributed by atoms with van der Waals surface area (Å²) in [5.41, 5.74) is 4.39. The van der Waals surface area contributed by atoms with E-state index in [9.17, 15) is 9.59 Å². The Kier molecular flexibility index (Phi) is 9.33. The second-order valence-electron chi connectivity index (χ2n) is 6.96. The molecule has 7 nitrogen and oxygen atoms in total. The van der Waals surface area contributed by atoms with Crippen molar-refractivity contribution in [1.82, 2.24) is 5.43 Å². The van der Waals surface area contributed by atoms with Crippen LogP contribution in [0, 0.1) is 0 Å². The first-order chi connectivity index (χ1) is 16.3. The van der Waals surface area contributed by atoms with Gasteiger partial charge in [-0.3, -0.25) is 9.59 Å². The van der Waals surface area contributed by atoms with Gasteiger partial charge in [-0.05, 0) is 64.0 Å². The van der Waals surface area contributed by atoms with Crippen molar-refractivity contribution in [2.45, 2.75) is 13.0 Å². The lowest BCUT2D eigenvalue weighted by atomic mass is 10.2. The summed E-state index contributed by atoms with van der Waals surface area (Å²) >= 11 is 15.5. The standard InChI is InChI=1S/C24H20BrCl2N3O4/c1-33-19-4-2-3-18(11-19)29-23(31)12-24(32)30-28-13-15-5-8-22(20(25)9-15)34-14-16-6-7-17(26)10-21(16)27/h2-11,13H,12,14H2,1H3,(H,29,31)(H,30,32). The van der Waals surface area contributed by atoms with E-state index in [1.807, 2.05) is 0 Å². The second-order valence-corrected chi connectivity index (χ2v) is 8.66. The van der Waals surface area contributed by atoms with Crippen molar-refractivity contribution in [3.05, 3.63) is 86.3 Å². The highest BCUT2D eigenvalue weighted by atomic mass is 79.9. The van der Waals surface area contributed by atoms with E-state index < -0.39 is 11.8 Å². The highest BCUT2D eigenvalue weighted by molar-refractivity contribution is 9.10. The Morgan fingerprint density at radius 1 is 1.06 bits per heavy atom. The average Bonchev–Trinajstić information content (AvgIpc) is 2.79. The maximum atomic E-state index is 12.0. The van der Waals surface area contributed by atoms with E-state index in [0.717, 1.165) is 5.56 Å². The normalized spacial score (nSPS) is 10.7. The Bertz CT molecular complexity index is 1220. The van der Waals surface area contributed by atoms with Crippen LogP contribution in [-0.4, -0.2) is 25.1 Å². The summed E-state index contributed by atoms with van der Waals surface area (Å²) in [6.45, 7) is 0.274. The highest BCUT2D eigenvalue weighted by Crippen LogP contribution is 2.28. The van der Waals surface area contributed by atoms with Gasteiger partial charge in [0.05, 0.1) is 17.8 Å². The molecular weight excluding hydrogens is 545 g/mol. The fourth-order valence-electron chi connectivity index (χ4n) is 2.78. The summed E-state index contributed by atoms with van der Waals surface area (Å²) < 4.78 is 11.6. The van der Waals surface area contributed by atoms with Crippen molar-refractivity contribution in [1.29, 1.82) is 0 Å². The first-order valence-electron chi connectivity index (χ1n) is 9.96. The minimum absolute atomic E-state index is 0.274. The number of hydrogen-bond donors (Lipinski definition) is 2. The molecule has 3 rings (SSSR count). The van der Waals surface area contributed by atoms with Gasteiger partial charge in [-0.1, -0.05) is 35.3 Å². The third kappa shape index (κ3) is 7.76. The van der Waals surface area contributed by atoms with E-state index in [1.165, 1.54) is 13.3 Å². The van der Waals surface area contributed by atoms with Crippen molar-refractivity contribution in [3.63, 3.8) is 0 Å². The molecule has 0 fully saturated rings. The van der Waals surface area contributed by atoms with Crippen LogP contribution in [0.4, 0.5) is 5.69 Å². The van der Waals surface area contributed by atoms with Gasteiger partial charge in [0.1, 0.15) is 24.5 Å². The molecule has 2 amide bonds. The van der Waals surface area contributed by atoms with E-state index >= 15 is 0 Å². The number of nitrogens with zero attached hydrogens (tertiary/aromatic N) is 1. The zero-order valence-corrected chi connectivity index (χ0v) is 21.1. The molecule has 0 radical (unpaired) electrons. The van der Waals surface area contributed by atoms with Gasteiger partial charge in [0.15, 0.2) is 0 Å². The van der Waals surface area contributed by atoms with Gasteiger partial charge in [-0.15, -0.1) is 0 Å². The van der Waals surface area contributed by atoms with E-state index in [2.05, 4.69) is 31.8 Å². The first kappa shape index (κ1) is 25.6. The zero-order valence-electron chi connectivity index (χ0n) is 18.0. The third-order valence-corrected chi connectivity index (χ3v) is 5.64. The van der Waals surface area contributed by atoms with E-state index in [1.54, 1.807) is 60.7 Å². The molecule has 0 unspecified atom stereocenters. The van der Waals surface area contributed by atoms with Gasteiger partial charge in [0.2, 0.25) is 11.8 Å². The number of hydrazone groups is 1. The van der Waals surface area contributed by atoms with Crippen LogP contribution in [-0.2, 0) is 16.2 Å². The Labute approximate surface area is 215 Å². The average molecular weight is 565 g/mol. The SMILES string of the molecule is COc1cccc(NC(=O)CC(=O)NN=Cc2ccc(OCc3ccc(Cl)cc3Cl)c(Br)c2)c1. The molecule has 3 aromatic carbocycles. The Morgan fingerprint density at radius 3 is 2.62 bits per heavy atom. The minimum Gasteiger partial charge on any atom is -0.497 e. The minimum atomic E-state index is -0.546. The van der Waals surface area contributed by atoms with E-state index in [4.69, 9.17) is 32.7 Å². The highest BCUT2D eigenvalue weighted by Gasteiger charge is 2.10. The largest absolute Gasteiger partial charge is 0.497 e. The van der Waals surface area contributed by atoms with Crippen LogP contribution in [0.1, 0.15) is 17.5 Å². The summed E-state index contributed by atoms with van der Waals surface area (Å²) in [5, 5.41) is 7.62. The number of amides is 2. The fourth-order valence-corrected chi connectivity index (χ4v) is 3.75. The number of methoxy groups -OCH3 is 1. The van der Waals surface area contributed by atoms with Crippen molar-refractivity contribution >= 4 is 62.8 Å². The summed E-state index contributed by atoms with van der Waals surface area (Å²) in [5.74, 6) is 0.200. The van der Waals surface area contributed by atoms with E-state index in [0.29, 0.717) is 37.3 Å². The van der Waals surface area contributed by atoms with Crippen molar-refractivity contribution < 1.29 is 19.1 Å². The van der Waals surface area contributed by atoms with Crippen LogP contribution >= 0.6 is 39.1 Å². The first-order valence-corrected chi connectivity index (χ1v) is 11.5. The van der Waals surface area contributed by atoms with Crippen LogP contribution in [0.15, 0.2) is 70.2 Å². The number of nitrogens with one attached hydrogen (secondary N) is 2. The molecule has 0 bridgehead atoms. The second kappa shape index (κ2) is 12.4. The predicted molar refractivity (Wildman–Crippen MR) is 137 cm³/mol. The number of hydrogen-bond acceptors (Lipinski definition) is 5. The monoisotopic (exact) mass is 563 g/mol. The summed E-state index contributed by atoms with van der Waals surface area (Å²) in [4.78, 5) is 24.0. The molecule has 0 spiro atoms. The lowest BCUT2D eigenvalue weighted by Gasteiger charge is -2.10. The molecule has 0 aliphatic heterocycles. The molecule has 0 aliphatic rings. The topological polar surface area (TPSA) is 89.0 Å². The molecular formula is C24H20BrCl2N3O4. The Balaban J connectivity index is 1.48. The summed E-state index contributed by atoms with van der Waals surface area (Å²) in [6.07, 6.45) is 1.08. The zero-order chi connectivity index (χ0) is 24.5. The fraction of sp³-hybridized carbons (Fsp3) is 0.125. The molecule has 0 saturated carbocycles. The van der Waals surface area contributed by atoms with Crippen LogP contribution in [0.3, 0.4) is 0 Å². The maximum Gasteiger partial charge on any atom is 0.249 e. The Morgan fingerprint density at radius 2 is 1.88 bits per heavy atom. The lowest BCUT2D eigenvalue weighted by molar-refractivity contribution is -0.126. The van der Waals surface area contributed by atoms with Gasteiger partial charge in [-0.2, -0.15) is 5.10 Å². The number of rotatable bonds is 9. The van der Waals surface area contributed by atoms with Crippen molar-refractivity contribution in [3.8, 4) is 11.5 Å². The van der Waals surface area contributed by atoms with Gasteiger partial charge in [0, 0.05) is 27.4 Å². The van der Waals surface area contributed by atoms with Crippen LogP contribution in [0.2, 0.25) is 10.0 Å². The molecule has 34 heavy (non-hydrogen) atoms. The third-order valence-electron chi connectivity index (χ3n) is 4.43. The quantitative estimate of drug-likeness (QED) is 0.195. The summed E-state index contributed by atoms with van der Waals surface area (Å²) in [7, 11) is 1.53. The lowest BCUT2D eigenvalue weighted by Crippen LogP contribution is -2.24. The van der Waals surface area contributed by atoms with Gasteiger partial charge in [0.25, 0.3) is 0 Å². The predicted octanol–water partition coefficient (Wildman–Crippen LogP) is 5.82. The molecule has 2 N–H and O–H groups in total. The molecule has 0 saturated heterocycles. The number of anilines is 1. The number of carbonyl (C=O) groups is 2. The molecule has 176 valence electrons. The Hall–Kier alpha value is -3.07. The molecule has 0 aliphatic carbocycles. The van der Waals surface area contributed by atoms with Gasteiger partial charge < -0.3 is 14.8 Å². The molecule has 0 heterocycles. The number of ether oxygens (including phenoxy) is 2. The molecule has 0 aromatic heterocycles. The van der Waals surface area contributed by atoms with Crippen LogP contribution < -0.4 is 20.2 Å². The molecule has 10 heteroatoms. The number of halogens is 3. The van der Waals surface area contributed by atoms with Crippen LogP contribution in [0.25, 0.3) is 0 Å². The van der Waals surface area contributed by atoms with Gasteiger partial charge >= 0.3 is 0 Å². The van der Waals surface area contributed by atoms with Crippen molar-refractivity contribution in [2.75, 3.05) is 12.4 Å². The maximum absolute atomic E-state index is 12.0.